The van der Waals surface area contributed by atoms with Gasteiger partial charge in [-0.1, -0.05) is 44.2 Å². The van der Waals surface area contributed by atoms with Gasteiger partial charge in [-0.3, -0.25) is 23.9 Å². The van der Waals surface area contributed by atoms with Crippen molar-refractivity contribution >= 4 is 17.5 Å². The lowest BCUT2D eigenvalue weighted by Crippen LogP contribution is -2.46. The van der Waals surface area contributed by atoms with Crippen molar-refractivity contribution in [2.24, 2.45) is 5.92 Å². The van der Waals surface area contributed by atoms with E-state index in [4.69, 9.17) is 10.2 Å². The number of pyridine rings is 1. The fourth-order valence-electron chi connectivity index (χ4n) is 4.15. The van der Waals surface area contributed by atoms with Gasteiger partial charge in [0.25, 0.3) is 11.4 Å². The first-order chi connectivity index (χ1) is 19.7. The minimum atomic E-state index is -4.54. The molecule has 14 heteroatoms. The Bertz CT molecular complexity index is 1650. The maximum atomic E-state index is 13.4. The predicted octanol–water partition coefficient (Wildman–Crippen LogP) is 3.64. The van der Waals surface area contributed by atoms with Crippen molar-refractivity contribution in [3.63, 3.8) is 0 Å². The summed E-state index contributed by atoms with van der Waals surface area (Å²) < 4.78 is 45.6. The number of anilines is 1. The lowest BCUT2D eigenvalue weighted by atomic mass is 9.88. The van der Waals surface area contributed by atoms with Crippen LogP contribution in [0.3, 0.4) is 0 Å². The number of nitrogens with zero attached hydrogens (tertiary/aromatic N) is 5. The third kappa shape index (κ3) is 6.21. The smallest absolute Gasteiger partial charge is 0.417 e. The zero-order valence-corrected chi connectivity index (χ0v) is 23.1. The minimum Gasteiger partial charge on any atom is -0.417 e. The average Bonchev–Trinajstić information content (AvgIpc) is 3.45. The second-order valence-electron chi connectivity index (χ2n) is 10.4. The molecule has 220 valence electrons. The van der Waals surface area contributed by atoms with Gasteiger partial charge in [0.05, 0.1) is 34.6 Å². The number of nitrogen functional groups attached to an aromatic ring is 1. The topological polar surface area (TPSA) is 159 Å². The molecule has 4 rings (SSSR count). The zero-order chi connectivity index (χ0) is 30.8. The van der Waals surface area contributed by atoms with Crippen LogP contribution in [-0.2, 0) is 22.9 Å². The number of amides is 1. The Morgan fingerprint density at radius 1 is 1.02 bits per heavy atom. The van der Waals surface area contributed by atoms with Crippen LogP contribution in [0.25, 0.3) is 11.3 Å². The Morgan fingerprint density at radius 2 is 1.71 bits per heavy atom. The van der Waals surface area contributed by atoms with Gasteiger partial charge in [0, 0.05) is 6.20 Å². The molecule has 0 fully saturated rings. The van der Waals surface area contributed by atoms with Crippen LogP contribution < -0.4 is 16.6 Å². The van der Waals surface area contributed by atoms with Crippen molar-refractivity contribution in [1.82, 2.24) is 30.0 Å². The van der Waals surface area contributed by atoms with Gasteiger partial charge in [-0.05, 0) is 37.5 Å². The summed E-state index contributed by atoms with van der Waals surface area (Å²) in [6, 6.07) is 9.81. The summed E-state index contributed by atoms with van der Waals surface area (Å²) in [7, 11) is 0. The van der Waals surface area contributed by atoms with Gasteiger partial charge in [0.15, 0.2) is 5.82 Å². The number of ketones is 1. The molecule has 1 aromatic carbocycles. The molecule has 4 aromatic rings. The van der Waals surface area contributed by atoms with E-state index in [0.29, 0.717) is 17.5 Å². The Labute approximate surface area is 238 Å². The molecule has 0 saturated heterocycles. The molecule has 0 unspecified atom stereocenters. The Morgan fingerprint density at radius 3 is 2.31 bits per heavy atom. The summed E-state index contributed by atoms with van der Waals surface area (Å²) in [5.41, 5.74) is 4.20. The number of hydrogen-bond acceptors (Lipinski definition) is 9. The molecule has 1 amide bonds. The molecular formula is C28H28F3N7O4. The molecular weight excluding hydrogens is 555 g/mol. The van der Waals surface area contributed by atoms with Gasteiger partial charge >= 0.3 is 6.18 Å². The van der Waals surface area contributed by atoms with Crippen LogP contribution in [-0.4, -0.2) is 42.5 Å². The monoisotopic (exact) mass is 583 g/mol. The van der Waals surface area contributed by atoms with Crippen molar-refractivity contribution in [2.75, 3.05) is 5.73 Å². The summed E-state index contributed by atoms with van der Waals surface area (Å²) in [5, 5.41) is 10.4. The highest BCUT2D eigenvalue weighted by Crippen LogP contribution is 2.33. The average molecular weight is 584 g/mol. The zero-order valence-electron chi connectivity index (χ0n) is 23.1. The van der Waals surface area contributed by atoms with Gasteiger partial charge in [0.1, 0.15) is 6.54 Å². The maximum Gasteiger partial charge on any atom is 0.417 e. The molecule has 0 aliphatic heterocycles. The number of rotatable bonds is 9. The van der Waals surface area contributed by atoms with E-state index in [1.165, 1.54) is 16.8 Å². The summed E-state index contributed by atoms with van der Waals surface area (Å²) in [6.45, 7) is 6.15. The number of Topliss-reactive ketones (excluding diaryl/α,β-unsaturated/α-hetero) is 1. The van der Waals surface area contributed by atoms with Gasteiger partial charge < -0.3 is 15.5 Å². The minimum absolute atomic E-state index is 0.0572. The first-order valence-electron chi connectivity index (χ1n) is 12.8. The summed E-state index contributed by atoms with van der Waals surface area (Å²) in [5.74, 6) is -2.51. The van der Waals surface area contributed by atoms with E-state index in [0.717, 1.165) is 6.07 Å². The normalized spacial score (nSPS) is 12.8. The van der Waals surface area contributed by atoms with Crippen molar-refractivity contribution in [3.8, 4) is 11.3 Å². The highest BCUT2D eigenvalue weighted by molar-refractivity contribution is 5.98. The number of aromatic nitrogens is 5. The number of benzene rings is 1. The molecule has 0 aliphatic rings. The van der Waals surface area contributed by atoms with Gasteiger partial charge in [-0.15, -0.1) is 10.2 Å². The number of nitrogens with two attached hydrogens (primary N) is 1. The van der Waals surface area contributed by atoms with E-state index in [1.807, 2.05) is 0 Å². The van der Waals surface area contributed by atoms with Crippen molar-refractivity contribution in [3.05, 3.63) is 88.3 Å². The highest BCUT2D eigenvalue weighted by atomic mass is 19.4. The third-order valence-corrected chi connectivity index (χ3v) is 6.62. The molecule has 0 bridgehead atoms. The van der Waals surface area contributed by atoms with Crippen LogP contribution in [0.4, 0.5) is 19.0 Å². The molecule has 0 saturated carbocycles. The van der Waals surface area contributed by atoms with Crippen LogP contribution in [0.2, 0.25) is 0 Å². The fourth-order valence-corrected chi connectivity index (χ4v) is 4.15. The van der Waals surface area contributed by atoms with Gasteiger partial charge in [-0.25, -0.2) is 4.98 Å². The van der Waals surface area contributed by atoms with Crippen molar-refractivity contribution in [1.29, 1.82) is 0 Å². The number of nitrogens with one attached hydrogen (secondary N) is 1. The number of halogens is 3. The van der Waals surface area contributed by atoms with E-state index < -0.39 is 58.8 Å². The molecule has 3 heterocycles. The second kappa shape index (κ2) is 11.5. The molecule has 3 N–H and O–H groups in total. The summed E-state index contributed by atoms with van der Waals surface area (Å²) in [6.07, 6.45) is -2.45. The summed E-state index contributed by atoms with van der Waals surface area (Å²) >= 11 is 0. The molecule has 42 heavy (non-hydrogen) atoms. The molecule has 1 atom stereocenters. The second-order valence-corrected chi connectivity index (χ2v) is 10.4. The Hall–Kier alpha value is -4.88. The van der Waals surface area contributed by atoms with Crippen molar-refractivity contribution in [2.45, 2.75) is 51.9 Å². The first kappa shape index (κ1) is 30.1. The largest absolute Gasteiger partial charge is 0.417 e. The molecule has 0 radical (unpaired) electrons. The molecule has 3 aromatic heterocycles. The Balaban J connectivity index is 1.55. The van der Waals surface area contributed by atoms with Crippen LogP contribution in [0.15, 0.2) is 64.1 Å². The van der Waals surface area contributed by atoms with Crippen LogP contribution in [0.5, 0.6) is 0 Å². The highest BCUT2D eigenvalue weighted by Gasteiger charge is 2.36. The quantitative estimate of drug-likeness (QED) is 0.281. The van der Waals surface area contributed by atoms with Gasteiger partial charge in [-0.2, -0.15) is 13.2 Å². The molecule has 0 aliphatic carbocycles. The lowest BCUT2D eigenvalue weighted by Gasteiger charge is -2.21. The van der Waals surface area contributed by atoms with Crippen LogP contribution in [0, 0.1) is 5.92 Å². The van der Waals surface area contributed by atoms with Crippen molar-refractivity contribution < 1.29 is 27.2 Å². The predicted molar refractivity (Wildman–Crippen MR) is 145 cm³/mol. The summed E-state index contributed by atoms with van der Waals surface area (Å²) in [4.78, 5) is 47.1. The first-order valence-corrected chi connectivity index (χ1v) is 12.8. The molecule has 11 nitrogen and oxygen atoms in total. The standard InChI is InChI=1S/C28H28F3N7O4/c1-15(2)21(35-20(39)14-38-18(13-34-23(32)25(38)41)16-8-6-5-7-9-16)22(40)24-36-37-26(42-24)27(3,4)19-11-10-17(12-33-19)28(29,30)31/h5-13,15,21H,14H2,1-4H3,(H2,32,34)(H,35,39)/t21-/m1/s1. The Kier molecular flexibility index (Phi) is 8.27. The van der Waals surface area contributed by atoms with Crippen LogP contribution >= 0.6 is 0 Å². The van der Waals surface area contributed by atoms with E-state index in [-0.39, 0.29) is 17.4 Å². The number of carbonyl (C=O) groups is 2. The number of hydrogen-bond donors (Lipinski definition) is 2. The number of carbonyl (C=O) groups excluding carboxylic acids is 2. The van der Waals surface area contributed by atoms with E-state index >= 15 is 0 Å². The van der Waals surface area contributed by atoms with E-state index in [2.05, 4.69) is 25.5 Å². The fraction of sp³-hybridized carbons (Fsp3) is 0.321. The van der Waals surface area contributed by atoms with Crippen LogP contribution in [0.1, 0.15) is 55.5 Å². The SMILES string of the molecule is CC(C)[C@@H](NC(=O)Cn1c(-c2ccccc2)cnc(N)c1=O)C(=O)c1nnc(C(C)(C)c2ccc(C(F)(F)F)cn2)o1. The van der Waals surface area contributed by atoms with Gasteiger partial charge in [0.2, 0.25) is 17.6 Å². The lowest BCUT2D eigenvalue weighted by molar-refractivity contribution is -0.137. The maximum absolute atomic E-state index is 13.4. The van der Waals surface area contributed by atoms with E-state index in [1.54, 1.807) is 58.0 Å². The van der Waals surface area contributed by atoms with E-state index in [9.17, 15) is 27.6 Å². The number of alkyl halides is 3. The third-order valence-electron chi connectivity index (χ3n) is 6.62. The molecule has 0 spiro atoms.